The number of allylic oxidation sites excluding steroid dienone is 1. The second-order valence-electron chi connectivity index (χ2n) is 10.6. The Hall–Kier alpha value is -4.70. The highest BCUT2D eigenvalue weighted by molar-refractivity contribution is 6.06. The molecule has 0 radical (unpaired) electrons. The Balaban J connectivity index is 0.000000348. The minimum atomic E-state index is -0.972. The molecule has 2 heterocycles. The molecule has 1 aromatic heterocycles. The molecule has 3 rings (SSSR count). The first-order chi connectivity index (χ1) is 20.9. The fourth-order valence-corrected chi connectivity index (χ4v) is 3.95. The summed E-state index contributed by atoms with van der Waals surface area (Å²) in [6, 6.07) is 3.29. The van der Waals surface area contributed by atoms with Gasteiger partial charge in [0.15, 0.2) is 11.5 Å². The van der Waals surface area contributed by atoms with Crippen LogP contribution in [-0.4, -0.2) is 99.8 Å². The van der Waals surface area contributed by atoms with Crippen molar-refractivity contribution in [2.45, 2.75) is 64.8 Å². The SMILES string of the molecule is C=CCn1c(=O)n(C)c(=O)n(C)c1=O.CCC(O)CN1C(=O)N(CC(O)CC)C(C)(C)C1=O.COC(=O)c1ccc(O)c(O)c1. The molecule has 16 heteroatoms. The lowest BCUT2D eigenvalue weighted by molar-refractivity contribution is -0.133. The molecule has 1 aromatic carbocycles. The number of carbonyl (C=O) groups excluding carboxylic acids is 3. The second kappa shape index (κ2) is 16.4. The number of rotatable bonds is 9. The van der Waals surface area contributed by atoms with Gasteiger partial charge in [-0.2, -0.15) is 0 Å². The number of urea groups is 1. The van der Waals surface area contributed by atoms with Crippen LogP contribution in [0.1, 0.15) is 50.9 Å². The Morgan fingerprint density at radius 1 is 0.911 bits per heavy atom. The molecule has 0 aliphatic carbocycles. The zero-order chi connectivity index (χ0) is 34.8. The van der Waals surface area contributed by atoms with Crippen LogP contribution in [0, 0.1) is 0 Å². The molecule has 1 saturated heterocycles. The molecular formula is C29H43N5O11. The maximum atomic E-state index is 12.2. The number of amides is 3. The summed E-state index contributed by atoms with van der Waals surface area (Å²) in [6.07, 6.45) is 1.07. The summed E-state index contributed by atoms with van der Waals surface area (Å²) in [7, 11) is 3.89. The van der Waals surface area contributed by atoms with E-state index in [2.05, 4.69) is 11.3 Å². The van der Waals surface area contributed by atoms with E-state index < -0.39 is 46.8 Å². The predicted molar refractivity (Wildman–Crippen MR) is 163 cm³/mol. The van der Waals surface area contributed by atoms with Gasteiger partial charge in [-0.25, -0.2) is 37.7 Å². The van der Waals surface area contributed by atoms with Crippen molar-refractivity contribution in [1.82, 2.24) is 23.5 Å². The standard InChI is InChI=1S/C13H24N2O4.C8H11N3O3.C8H8O4/c1-5-9(16)7-14-11(18)13(3,4)15(12(14)19)8-10(17)6-2;1-4-5-11-7(13)9(2)6(12)10(3)8(11)14;1-12-8(11)5-2-3-6(9)7(10)4-5/h9-10,16-17H,5-8H2,1-4H3;4H,1,5H2,2-3H3;2-4,9-10H,1H3. The second-order valence-corrected chi connectivity index (χ2v) is 10.6. The number of β-amino-alcohol motifs (C(OH)–C–C–N with tert-alkyl or cyclic N) is 2. The molecule has 45 heavy (non-hydrogen) atoms. The van der Waals surface area contributed by atoms with Crippen LogP contribution >= 0.6 is 0 Å². The van der Waals surface area contributed by atoms with Crippen molar-refractivity contribution in [3.63, 3.8) is 0 Å². The average molecular weight is 638 g/mol. The third-order valence-electron chi connectivity index (χ3n) is 6.95. The summed E-state index contributed by atoms with van der Waals surface area (Å²) in [6.45, 7) is 10.6. The van der Waals surface area contributed by atoms with Crippen molar-refractivity contribution in [2.75, 3.05) is 20.2 Å². The molecule has 0 bridgehead atoms. The number of hydrogen-bond donors (Lipinski definition) is 4. The smallest absolute Gasteiger partial charge is 0.337 e. The van der Waals surface area contributed by atoms with Crippen LogP contribution in [0.2, 0.25) is 0 Å². The summed E-state index contributed by atoms with van der Waals surface area (Å²) in [5.41, 5.74) is -2.65. The lowest BCUT2D eigenvalue weighted by atomic mass is 10.0. The van der Waals surface area contributed by atoms with Crippen molar-refractivity contribution in [3.8, 4) is 11.5 Å². The van der Waals surface area contributed by atoms with Crippen molar-refractivity contribution in [3.05, 3.63) is 67.9 Å². The highest BCUT2D eigenvalue weighted by Crippen LogP contribution is 2.28. The third kappa shape index (κ3) is 9.15. The molecule has 1 fully saturated rings. The number of phenols is 2. The Morgan fingerprint density at radius 3 is 1.87 bits per heavy atom. The molecular weight excluding hydrogens is 594 g/mol. The number of aliphatic hydroxyl groups excluding tert-OH is 2. The zero-order valence-electron chi connectivity index (χ0n) is 26.6. The normalized spacial score (nSPS) is 15.0. The Bertz CT molecular complexity index is 1520. The van der Waals surface area contributed by atoms with Crippen LogP contribution in [0.5, 0.6) is 11.5 Å². The first-order valence-electron chi connectivity index (χ1n) is 14.0. The van der Waals surface area contributed by atoms with E-state index in [0.29, 0.717) is 12.8 Å². The Labute approximate surface area is 259 Å². The number of benzene rings is 1. The van der Waals surface area contributed by atoms with Gasteiger partial charge in [-0.15, -0.1) is 6.58 Å². The molecule has 0 spiro atoms. The van der Waals surface area contributed by atoms with Gasteiger partial charge in [0.1, 0.15) is 5.54 Å². The molecule has 0 saturated carbocycles. The predicted octanol–water partition coefficient (Wildman–Crippen LogP) is -0.113. The van der Waals surface area contributed by atoms with Gasteiger partial charge in [-0.3, -0.25) is 9.69 Å². The lowest BCUT2D eigenvalue weighted by Crippen LogP contribution is -2.52. The number of hydrogen-bond acceptors (Lipinski definition) is 11. The number of aromatic nitrogens is 3. The molecule has 250 valence electrons. The minimum Gasteiger partial charge on any atom is -0.504 e. The van der Waals surface area contributed by atoms with E-state index in [0.717, 1.165) is 24.7 Å². The van der Waals surface area contributed by atoms with Crippen LogP contribution in [0.4, 0.5) is 4.79 Å². The fourth-order valence-electron chi connectivity index (χ4n) is 3.95. The average Bonchev–Trinajstić information content (AvgIpc) is 3.17. The summed E-state index contributed by atoms with van der Waals surface area (Å²) in [4.78, 5) is 71.9. The molecule has 4 N–H and O–H groups in total. The van der Waals surface area contributed by atoms with E-state index in [1.54, 1.807) is 20.8 Å². The number of ether oxygens (including phenoxy) is 1. The van der Waals surface area contributed by atoms with Crippen LogP contribution < -0.4 is 17.1 Å². The van der Waals surface area contributed by atoms with Crippen LogP contribution in [0.3, 0.4) is 0 Å². The Morgan fingerprint density at radius 2 is 1.42 bits per heavy atom. The number of imide groups is 1. The fraction of sp³-hybridized carbons (Fsp3) is 0.517. The molecule has 16 nitrogen and oxygen atoms in total. The maximum Gasteiger partial charge on any atom is 0.337 e. The van der Waals surface area contributed by atoms with Gasteiger partial charge >= 0.3 is 29.1 Å². The van der Waals surface area contributed by atoms with Gasteiger partial charge in [-0.1, -0.05) is 19.9 Å². The molecule has 3 amide bonds. The minimum absolute atomic E-state index is 0.0102. The number of aromatic hydroxyl groups is 2. The summed E-state index contributed by atoms with van der Waals surface area (Å²) < 4.78 is 7.10. The van der Waals surface area contributed by atoms with Crippen molar-refractivity contribution < 1.29 is 39.5 Å². The third-order valence-corrected chi connectivity index (χ3v) is 6.95. The number of carbonyl (C=O) groups is 3. The first-order valence-corrected chi connectivity index (χ1v) is 14.0. The summed E-state index contributed by atoms with van der Waals surface area (Å²) in [5, 5.41) is 37.2. The number of methoxy groups -OCH3 is 1. The highest BCUT2D eigenvalue weighted by atomic mass is 16.5. The van der Waals surface area contributed by atoms with Gasteiger partial charge < -0.3 is 30.1 Å². The van der Waals surface area contributed by atoms with Crippen molar-refractivity contribution in [1.29, 1.82) is 0 Å². The van der Waals surface area contributed by atoms with E-state index in [1.165, 1.54) is 44.3 Å². The maximum absolute atomic E-state index is 12.2. The quantitative estimate of drug-likeness (QED) is 0.123. The van der Waals surface area contributed by atoms with Crippen LogP contribution in [0.15, 0.2) is 45.2 Å². The number of phenolic OH excluding ortho intramolecular Hbond substituents is 2. The van der Waals surface area contributed by atoms with E-state index in [1.807, 2.05) is 6.92 Å². The van der Waals surface area contributed by atoms with Gasteiger partial charge in [-0.05, 0) is 44.9 Å². The lowest BCUT2D eigenvalue weighted by Gasteiger charge is -2.29. The van der Waals surface area contributed by atoms with Crippen molar-refractivity contribution >= 4 is 17.9 Å². The van der Waals surface area contributed by atoms with Crippen LogP contribution in [0.25, 0.3) is 0 Å². The van der Waals surface area contributed by atoms with E-state index in [9.17, 15) is 39.0 Å². The van der Waals surface area contributed by atoms with Crippen molar-refractivity contribution in [2.24, 2.45) is 14.1 Å². The first kappa shape index (κ1) is 38.3. The molecule has 2 unspecified atom stereocenters. The van der Waals surface area contributed by atoms with Gasteiger partial charge in [0.25, 0.3) is 5.91 Å². The molecule has 2 atom stereocenters. The molecule has 2 aromatic rings. The molecule has 1 aliphatic heterocycles. The van der Waals surface area contributed by atoms with Gasteiger partial charge in [0.2, 0.25) is 0 Å². The summed E-state index contributed by atoms with van der Waals surface area (Å²) in [5.74, 6) is -1.47. The Kier molecular flexibility index (Phi) is 14.0. The monoisotopic (exact) mass is 637 g/mol. The largest absolute Gasteiger partial charge is 0.504 e. The highest BCUT2D eigenvalue weighted by Gasteiger charge is 2.51. The van der Waals surface area contributed by atoms with Crippen LogP contribution in [-0.2, 0) is 30.2 Å². The number of nitrogens with zero attached hydrogens (tertiary/aromatic N) is 5. The van der Waals surface area contributed by atoms with Gasteiger partial charge in [0.05, 0.1) is 38.0 Å². The van der Waals surface area contributed by atoms with Gasteiger partial charge in [0, 0.05) is 20.6 Å². The topological polar surface area (TPSA) is 214 Å². The van der Waals surface area contributed by atoms with E-state index in [-0.39, 0.29) is 42.6 Å². The van der Waals surface area contributed by atoms with E-state index in [4.69, 9.17) is 10.2 Å². The number of aliphatic hydroxyl groups is 2. The summed E-state index contributed by atoms with van der Waals surface area (Å²) >= 11 is 0. The zero-order valence-corrected chi connectivity index (χ0v) is 26.6. The number of esters is 1. The molecule has 1 aliphatic rings. The van der Waals surface area contributed by atoms with E-state index >= 15 is 0 Å².